The standard InChI is InChI=1S/C9H7IN6O3/c10-5-3-12-15(4-5)7-2-1-6(16(18)19)8(13-7)9(11)14-17/h1-4,17H,(H2,11,14). The van der Waals surface area contributed by atoms with Gasteiger partial charge in [0.05, 0.1) is 14.7 Å². The SMILES string of the molecule is N/C(=N/O)c1nc(-n2cc(I)cn2)ccc1[N+](=O)[O-]. The largest absolute Gasteiger partial charge is 0.409 e. The number of pyridine rings is 1. The first-order valence-electron chi connectivity index (χ1n) is 4.87. The quantitative estimate of drug-likeness (QED) is 0.205. The van der Waals surface area contributed by atoms with E-state index in [4.69, 9.17) is 10.9 Å². The van der Waals surface area contributed by atoms with E-state index < -0.39 is 10.8 Å². The lowest BCUT2D eigenvalue weighted by Gasteiger charge is -2.04. The van der Waals surface area contributed by atoms with Crippen molar-refractivity contribution >= 4 is 34.1 Å². The second kappa shape index (κ2) is 5.17. The summed E-state index contributed by atoms with van der Waals surface area (Å²) in [6.45, 7) is 0. The monoisotopic (exact) mass is 374 g/mol. The number of rotatable bonds is 3. The molecule has 0 amide bonds. The molecule has 0 bridgehead atoms. The highest BCUT2D eigenvalue weighted by molar-refractivity contribution is 14.1. The number of amidine groups is 1. The molecule has 0 aromatic carbocycles. The molecule has 0 radical (unpaired) electrons. The van der Waals surface area contributed by atoms with E-state index in [2.05, 4.69) is 37.8 Å². The van der Waals surface area contributed by atoms with Crippen LogP contribution in [0.15, 0.2) is 29.7 Å². The van der Waals surface area contributed by atoms with Gasteiger partial charge in [0.1, 0.15) is 0 Å². The van der Waals surface area contributed by atoms with Crippen LogP contribution in [0.3, 0.4) is 0 Å². The Morgan fingerprint density at radius 1 is 1.58 bits per heavy atom. The van der Waals surface area contributed by atoms with Crippen molar-refractivity contribution in [3.8, 4) is 5.82 Å². The van der Waals surface area contributed by atoms with Gasteiger partial charge in [-0.3, -0.25) is 10.1 Å². The first-order chi connectivity index (χ1) is 9.02. The third kappa shape index (κ3) is 2.62. The lowest BCUT2D eigenvalue weighted by molar-refractivity contribution is -0.385. The van der Waals surface area contributed by atoms with E-state index in [0.29, 0.717) is 5.82 Å². The maximum absolute atomic E-state index is 10.8. The molecule has 0 saturated heterocycles. The molecule has 0 aliphatic rings. The minimum atomic E-state index is -0.656. The van der Waals surface area contributed by atoms with Gasteiger partial charge < -0.3 is 10.9 Å². The summed E-state index contributed by atoms with van der Waals surface area (Å²) in [5.41, 5.74) is 4.83. The molecule has 9 nitrogen and oxygen atoms in total. The van der Waals surface area contributed by atoms with Crippen LogP contribution in [0.1, 0.15) is 5.69 Å². The van der Waals surface area contributed by atoms with Crippen LogP contribution in [0.4, 0.5) is 5.69 Å². The fraction of sp³-hybridized carbons (Fsp3) is 0. The molecule has 98 valence electrons. The van der Waals surface area contributed by atoms with E-state index in [9.17, 15) is 10.1 Å². The Kier molecular flexibility index (Phi) is 3.59. The van der Waals surface area contributed by atoms with Gasteiger partial charge in [-0.1, -0.05) is 5.16 Å². The van der Waals surface area contributed by atoms with Crippen molar-refractivity contribution in [2.45, 2.75) is 0 Å². The zero-order valence-corrected chi connectivity index (χ0v) is 11.4. The number of hydrogen-bond acceptors (Lipinski definition) is 6. The summed E-state index contributed by atoms with van der Waals surface area (Å²) in [6, 6.07) is 2.65. The van der Waals surface area contributed by atoms with E-state index in [1.54, 1.807) is 12.4 Å². The Balaban J connectivity index is 2.58. The molecule has 3 N–H and O–H groups in total. The van der Waals surface area contributed by atoms with Crippen LogP contribution < -0.4 is 5.73 Å². The molecule has 0 unspecified atom stereocenters. The number of oxime groups is 1. The van der Waals surface area contributed by atoms with Gasteiger partial charge in [-0.05, 0) is 28.7 Å². The fourth-order valence-electron chi connectivity index (χ4n) is 1.38. The molecule has 0 aliphatic heterocycles. The molecule has 2 aromatic heterocycles. The lowest BCUT2D eigenvalue weighted by Crippen LogP contribution is -2.18. The van der Waals surface area contributed by atoms with E-state index in [1.165, 1.54) is 16.8 Å². The van der Waals surface area contributed by atoms with Crippen LogP contribution in [0.25, 0.3) is 5.82 Å². The summed E-state index contributed by atoms with van der Waals surface area (Å²) < 4.78 is 2.31. The molecule has 10 heteroatoms. The van der Waals surface area contributed by atoms with Crippen molar-refractivity contribution in [2.24, 2.45) is 10.9 Å². The van der Waals surface area contributed by atoms with Gasteiger partial charge >= 0.3 is 0 Å². The van der Waals surface area contributed by atoms with Crippen molar-refractivity contribution in [2.75, 3.05) is 0 Å². The minimum absolute atomic E-state index is 0.212. The van der Waals surface area contributed by atoms with Crippen molar-refractivity contribution in [1.82, 2.24) is 14.8 Å². The molecular weight excluding hydrogens is 367 g/mol. The molecule has 2 aromatic rings. The lowest BCUT2D eigenvalue weighted by atomic mass is 10.2. The molecule has 2 heterocycles. The van der Waals surface area contributed by atoms with E-state index in [-0.39, 0.29) is 11.4 Å². The number of hydrogen-bond donors (Lipinski definition) is 2. The van der Waals surface area contributed by atoms with Crippen LogP contribution in [0.2, 0.25) is 0 Å². The number of nitrogens with zero attached hydrogens (tertiary/aromatic N) is 5. The summed E-state index contributed by atoms with van der Waals surface area (Å²) in [4.78, 5) is 14.2. The first-order valence-corrected chi connectivity index (χ1v) is 5.94. The maximum atomic E-state index is 10.8. The van der Waals surface area contributed by atoms with Crippen LogP contribution in [0.5, 0.6) is 0 Å². The average Bonchev–Trinajstić information content (AvgIpc) is 2.83. The highest BCUT2D eigenvalue weighted by Gasteiger charge is 2.20. The summed E-state index contributed by atoms with van der Waals surface area (Å²) in [7, 11) is 0. The van der Waals surface area contributed by atoms with Crippen LogP contribution in [0, 0.1) is 13.7 Å². The molecule has 0 atom stereocenters. The molecule has 2 rings (SSSR count). The van der Waals surface area contributed by atoms with Gasteiger partial charge in [0.15, 0.2) is 17.3 Å². The Labute approximate surface area is 120 Å². The van der Waals surface area contributed by atoms with Crippen molar-refractivity contribution in [3.05, 3.63) is 43.9 Å². The maximum Gasteiger partial charge on any atom is 0.298 e. The molecule has 0 fully saturated rings. The minimum Gasteiger partial charge on any atom is -0.409 e. The topological polar surface area (TPSA) is 132 Å². The summed E-state index contributed by atoms with van der Waals surface area (Å²) in [6.07, 6.45) is 3.29. The Morgan fingerprint density at radius 3 is 2.84 bits per heavy atom. The van der Waals surface area contributed by atoms with Gasteiger partial charge in [-0.15, -0.1) is 0 Å². The third-order valence-corrected chi connectivity index (χ3v) is 2.75. The van der Waals surface area contributed by atoms with Crippen molar-refractivity contribution in [1.29, 1.82) is 0 Å². The Morgan fingerprint density at radius 2 is 2.32 bits per heavy atom. The van der Waals surface area contributed by atoms with Crippen LogP contribution >= 0.6 is 22.6 Å². The highest BCUT2D eigenvalue weighted by Crippen LogP contribution is 2.18. The van der Waals surface area contributed by atoms with E-state index >= 15 is 0 Å². The van der Waals surface area contributed by atoms with E-state index in [1.807, 2.05) is 0 Å². The normalized spacial score (nSPS) is 11.5. The van der Waals surface area contributed by atoms with Crippen molar-refractivity contribution < 1.29 is 10.1 Å². The number of halogens is 1. The van der Waals surface area contributed by atoms with Crippen molar-refractivity contribution in [3.63, 3.8) is 0 Å². The molecule has 19 heavy (non-hydrogen) atoms. The smallest absolute Gasteiger partial charge is 0.298 e. The number of aromatic nitrogens is 3. The second-order valence-corrected chi connectivity index (χ2v) is 4.63. The molecular formula is C9H7IN6O3. The molecule has 0 spiro atoms. The van der Waals surface area contributed by atoms with E-state index in [0.717, 1.165) is 3.57 Å². The summed E-state index contributed by atoms with van der Waals surface area (Å²) in [5, 5.41) is 26.2. The number of nitro groups is 1. The van der Waals surface area contributed by atoms with Gasteiger partial charge in [-0.2, -0.15) is 5.10 Å². The zero-order valence-electron chi connectivity index (χ0n) is 9.26. The van der Waals surface area contributed by atoms with Gasteiger partial charge in [0.25, 0.3) is 5.69 Å². The Hall–Kier alpha value is -2.24. The zero-order chi connectivity index (χ0) is 14.0. The number of nitrogens with two attached hydrogens (primary N) is 1. The van der Waals surface area contributed by atoms with Crippen LogP contribution in [-0.2, 0) is 0 Å². The second-order valence-electron chi connectivity index (χ2n) is 3.38. The Bertz CT molecular complexity index is 668. The van der Waals surface area contributed by atoms with Gasteiger partial charge in [-0.25, -0.2) is 9.67 Å². The summed E-state index contributed by atoms with van der Waals surface area (Å²) in [5.74, 6) is -0.106. The fourth-order valence-corrected chi connectivity index (χ4v) is 1.77. The summed E-state index contributed by atoms with van der Waals surface area (Å²) >= 11 is 2.07. The first kappa shape index (κ1) is 13.2. The average molecular weight is 374 g/mol. The van der Waals surface area contributed by atoms with Gasteiger partial charge in [0.2, 0.25) is 0 Å². The van der Waals surface area contributed by atoms with Crippen LogP contribution in [-0.4, -0.2) is 30.7 Å². The predicted octanol–water partition coefficient (Wildman–Crippen LogP) is 0.875. The molecule has 0 saturated carbocycles. The predicted molar refractivity (Wildman–Crippen MR) is 73.2 cm³/mol. The molecule has 0 aliphatic carbocycles. The highest BCUT2D eigenvalue weighted by atomic mass is 127. The van der Waals surface area contributed by atoms with Gasteiger partial charge in [0, 0.05) is 12.3 Å². The third-order valence-electron chi connectivity index (χ3n) is 2.19.